The zero-order valence-corrected chi connectivity index (χ0v) is 16.4. The summed E-state index contributed by atoms with van der Waals surface area (Å²) >= 11 is 11.8. The summed E-state index contributed by atoms with van der Waals surface area (Å²) in [5.74, 6) is 0.0453. The lowest BCUT2D eigenvalue weighted by atomic mass is 10.2. The largest absolute Gasteiger partial charge is 0.493 e. The standard InChI is InChI=1S/C20H18Cl2N2O4/c21-16-6-5-15(11-17(16)22)28-10-9-18(25)23-14-3-1-13(2-4-14)12-24-19(26)7-8-20(24)27/h1-6,11H,7-10,12H2,(H,23,25). The SMILES string of the molecule is O=C(CCOc1ccc(Cl)c(Cl)c1)Nc1ccc(CN2C(=O)CCC2=O)cc1. The van der Waals surface area contributed by atoms with Crippen molar-refractivity contribution in [3.63, 3.8) is 0 Å². The Bertz CT molecular complexity index is 884. The Kier molecular flexibility index (Phi) is 6.54. The van der Waals surface area contributed by atoms with Crippen molar-refractivity contribution >= 4 is 46.6 Å². The Labute approximate surface area is 172 Å². The normalized spacial score (nSPS) is 13.7. The van der Waals surface area contributed by atoms with Crippen molar-refractivity contribution in [1.82, 2.24) is 4.90 Å². The van der Waals surface area contributed by atoms with Crippen LogP contribution in [0.5, 0.6) is 5.75 Å². The van der Waals surface area contributed by atoms with E-state index in [1.165, 1.54) is 4.90 Å². The van der Waals surface area contributed by atoms with E-state index in [4.69, 9.17) is 27.9 Å². The molecule has 146 valence electrons. The number of ether oxygens (including phenoxy) is 1. The van der Waals surface area contributed by atoms with Gasteiger partial charge in [0.2, 0.25) is 17.7 Å². The highest BCUT2D eigenvalue weighted by molar-refractivity contribution is 6.42. The molecule has 6 nitrogen and oxygen atoms in total. The van der Waals surface area contributed by atoms with Crippen molar-refractivity contribution in [3.05, 3.63) is 58.1 Å². The molecule has 2 aromatic rings. The summed E-state index contributed by atoms with van der Waals surface area (Å²) < 4.78 is 5.49. The number of halogens is 2. The van der Waals surface area contributed by atoms with Crippen LogP contribution in [0.4, 0.5) is 5.69 Å². The van der Waals surface area contributed by atoms with Crippen molar-refractivity contribution in [2.24, 2.45) is 0 Å². The number of likely N-dealkylation sites (tertiary alicyclic amines) is 1. The van der Waals surface area contributed by atoms with Crippen LogP contribution in [0.1, 0.15) is 24.8 Å². The number of anilines is 1. The minimum Gasteiger partial charge on any atom is -0.493 e. The molecule has 0 bridgehead atoms. The van der Waals surface area contributed by atoms with Gasteiger partial charge in [0.15, 0.2) is 0 Å². The van der Waals surface area contributed by atoms with Crippen molar-refractivity contribution in [2.75, 3.05) is 11.9 Å². The summed E-state index contributed by atoms with van der Waals surface area (Å²) in [4.78, 5) is 36.6. The summed E-state index contributed by atoms with van der Waals surface area (Å²) in [5, 5.41) is 3.60. The van der Waals surface area contributed by atoms with Crippen LogP contribution in [0, 0.1) is 0 Å². The van der Waals surface area contributed by atoms with Gasteiger partial charge in [-0.1, -0.05) is 35.3 Å². The van der Waals surface area contributed by atoms with Crippen LogP contribution in [-0.4, -0.2) is 29.2 Å². The Morgan fingerprint density at radius 3 is 2.32 bits per heavy atom. The highest BCUT2D eigenvalue weighted by atomic mass is 35.5. The van der Waals surface area contributed by atoms with Gasteiger partial charge in [-0.25, -0.2) is 0 Å². The minimum atomic E-state index is -0.197. The number of imide groups is 1. The molecule has 0 spiro atoms. The molecule has 0 radical (unpaired) electrons. The van der Waals surface area contributed by atoms with Crippen molar-refractivity contribution < 1.29 is 19.1 Å². The van der Waals surface area contributed by atoms with Crippen molar-refractivity contribution in [2.45, 2.75) is 25.8 Å². The van der Waals surface area contributed by atoms with Gasteiger partial charge in [0.1, 0.15) is 5.75 Å². The molecule has 0 unspecified atom stereocenters. The van der Waals surface area contributed by atoms with E-state index in [0.717, 1.165) is 5.56 Å². The fourth-order valence-electron chi connectivity index (χ4n) is 2.73. The molecule has 8 heteroatoms. The summed E-state index contributed by atoms with van der Waals surface area (Å²) in [6.07, 6.45) is 0.716. The highest BCUT2D eigenvalue weighted by Crippen LogP contribution is 2.26. The first-order valence-corrected chi connectivity index (χ1v) is 9.48. The van der Waals surface area contributed by atoms with Crippen LogP contribution in [0.25, 0.3) is 0 Å². The lowest BCUT2D eigenvalue weighted by molar-refractivity contribution is -0.139. The molecule has 28 heavy (non-hydrogen) atoms. The summed E-state index contributed by atoms with van der Waals surface area (Å²) in [6, 6.07) is 11.9. The first-order valence-electron chi connectivity index (χ1n) is 8.72. The quantitative estimate of drug-likeness (QED) is 0.685. The van der Waals surface area contributed by atoms with Crippen LogP contribution in [0.15, 0.2) is 42.5 Å². The first-order chi connectivity index (χ1) is 13.4. The topological polar surface area (TPSA) is 75.7 Å². The highest BCUT2D eigenvalue weighted by Gasteiger charge is 2.28. The molecule has 1 N–H and O–H groups in total. The van der Waals surface area contributed by atoms with E-state index in [1.54, 1.807) is 42.5 Å². The van der Waals surface area contributed by atoms with Crippen molar-refractivity contribution in [1.29, 1.82) is 0 Å². The third-order valence-corrected chi connectivity index (χ3v) is 4.96. The second-order valence-corrected chi connectivity index (χ2v) is 7.11. The molecule has 1 saturated heterocycles. The van der Waals surface area contributed by atoms with Gasteiger partial charge in [0.05, 0.1) is 29.6 Å². The smallest absolute Gasteiger partial charge is 0.229 e. The average Bonchev–Trinajstić information content (AvgIpc) is 2.98. The number of hydrogen-bond donors (Lipinski definition) is 1. The number of carbonyl (C=O) groups excluding carboxylic acids is 3. The van der Waals surface area contributed by atoms with E-state index in [-0.39, 0.29) is 50.1 Å². The number of amides is 3. The van der Waals surface area contributed by atoms with Crippen molar-refractivity contribution in [3.8, 4) is 5.75 Å². The molecule has 1 aliphatic heterocycles. The van der Waals surface area contributed by atoms with E-state index < -0.39 is 0 Å². The lowest BCUT2D eigenvalue weighted by Gasteiger charge is -2.14. The van der Waals surface area contributed by atoms with Crippen LogP contribution in [-0.2, 0) is 20.9 Å². The molecule has 1 aliphatic rings. The fraction of sp³-hybridized carbons (Fsp3) is 0.250. The summed E-state index contributed by atoms with van der Waals surface area (Å²) in [6.45, 7) is 0.449. The molecule has 0 aromatic heterocycles. The molecule has 1 fully saturated rings. The van der Waals surface area contributed by atoms with Crippen LogP contribution < -0.4 is 10.1 Å². The first kappa shape index (κ1) is 20.2. The molecule has 0 saturated carbocycles. The van der Waals surface area contributed by atoms with Crippen LogP contribution in [0.3, 0.4) is 0 Å². The Balaban J connectivity index is 1.45. The van der Waals surface area contributed by atoms with Gasteiger partial charge in [-0.2, -0.15) is 0 Å². The lowest BCUT2D eigenvalue weighted by Crippen LogP contribution is -2.28. The molecule has 3 amide bonds. The predicted octanol–water partition coefficient (Wildman–Crippen LogP) is 4.05. The van der Waals surface area contributed by atoms with Gasteiger partial charge >= 0.3 is 0 Å². The predicted molar refractivity (Wildman–Crippen MR) is 106 cm³/mol. The molecular weight excluding hydrogens is 403 g/mol. The van der Waals surface area contributed by atoms with E-state index in [0.29, 0.717) is 21.5 Å². The van der Waals surface area contributed by atoms with Crippen LogP contribution in [0.2, 0.25) is 10.0 Å². The second-order valence-electron chi connectivity index (χ2n) is 6.29. The summed E-state index contributed by atoms with van der Waals surface area (Å²) in [5.41, 5.74) is 1.45. The maximum Gasteiger partial charge on any atom is 0.229 e. The van der Waals surface area contributed by atoms with E-state index >= 15 is 0 Å². The van der Waals surface area contributed by atoms with E-state index in [1.807, 2.05) is 0 Å². The maximum atomic E-state index is 12.0. The molecule has 1 heterocycles. The second kappa shape index (κ2) is 9.08. The Morgan fingerprint density at radius 1 is 1.00 bits per heavy atom. The zero-order valence-electron chi connectivity index (χ0n) is 14.9. The number of rotatable bonds is 7. The minimum absolute atomic E-state index is 0.149. The fourth-order valence-corrected chi connectivity index (χ4v) is 3.02. The number of benzene rings is 2. The van der Waals surface area contributed by atoms with E-state index in [2.05, 4.69) is 5.32 Å². The summed E-state index contributed by atoms with van der Waals surface area (Å²) in [7, 11) is 0. The number of nitrogens with zero attached hydrogens (tertiary/aromatic N) is 1. The number of hydrogen-bond acceptors (Lipinski definition) is 4. The van der Waals surface area contributed by atoms with E-state index in [9.17, 15) is 14.4 Å². The molecule has 0 aliphatic carbocycles. The van der Waals surface area contributed by atoms with Gasteiger partial charge in [-0.15, -0.1) is 0 Å². The maximum absolute atomic E-state index is 12.0. The van der Waals surface area contributed by atoms with Gasteiger partial charge in [0, 0.05) is 24.6 Å². The molecule has 2 aromatic carbocycles. The third-order valence-electron chi connectivity index (χ3n) is 4.22. The van der Waals surface area contributed by atoms with Crippen LogP contribution >= 0.6 is 23.2 Å². The van der Waals surface area contributed by atoms with Gasteiger partial charge in [-0.05, 0) is 29.8 Å². The zero-order chi connectivity index (χ0) is 20.1. The Morgan fingerprint density at radius 2 is 1.68 bits per heavy atom. The molecule has 3 rings (SSSR count). The number of nitrogens with one attached hydrogen (secondary N) is 1. The monoisotopic (exact) mass is 420 g/mol. The average molecular weight is 421 g/mol. The van der Waals surface area contributed by atoms with Gasteiger partial charge in [0.25, 0.3) is 0 Å². The third kappa shape index (κ3) is 5.24. The number of carbonyl (C=O) groups is 3. The van der Waals surface area contributed by atoms with Gasteiger partial charge in [-0.3, -0.25) is 19.3 Å². The molecular formula is C20H18Cl2N2O4. The molecule has 0 atom stereocenters. The van der Waals surface area contributed by atoms with Gasteiger partial charge < -0.3 is 10.1 Å². The Hall–Kier alpha value is -2.57.